The van der Waals surface area contributed by atoms with Gasteiger partial charge in [0.05, 0.1) is 5.54 Å². The van der Waals surface area contributed by atoms with Gasteiger partial charge >= 0.3 is 0 Å². The monoisotopic (exact) mass is 239 g/mol. The minimum absolute atomic E-state index is 0.319. The van der Waals surface area contributed by atoms with E-state index in [1.165, 1.54) is 19.3 Å². The SMILES string of the molecule is CC(C)(C(=O)N1CCCCC1)N1CCNCC1. The molecule has 0 radical (unpaired) electrons. The van der Waals surface area contributed by atoms with Gasteiger partial charge in [-0.25, -0.2) is 0 Å². The van der Waals surface area contributed by atoms with Gasteiger partial charge in [-0.15, -0.1) is 0 Å². The van der Waals surface area contributed by atoms with E-state index in [0.717, 1.165) is 39.3 Å². The highest BCUT2D eigenvalue weighted by Gasteiger charge is 2.38. The van der Waals surface area contributed by atoms with Crippen molar-refractivity contribution in [2.75, 3.05) is 39.3 Å². The summed E-state index contributed by atoms with van der Waals surface area (Å²) in [5.41, 5.74) is -0.334. The van der Waals surface area contributed by atoms with Crippen molar-refractivity contribution in [2.45, 2.75) is 38.6 Å². The lowest BCUT2D eigenvalue weighted by Crippen LogP contribution is -2.61. The fourth-order valence-corrected chi connectivity index (χ4v) is 2.84. The van der Waals surface area contributed by atoms with Crippen molar-refractivity contribution in [2.24, 2.45) is 0 Å². The summed E-state index contributed by atoms with van der Waals surface area (Å²) in [7, 11) is 0. The van der Waals surface area contributed by atoms with Crippen LogP contribution in [0.4, 0.5) is 0 Å². The van der Waals surface area contributed by atoms with Crippen molar-refractivity contribution in [3.63, 3.8) is 0 Å². The molecule has 0 aromatic carbocycles. The average Bonchev–Trinajstić information content (AvgIpc) is 2.40. The van der Waals surface area contributed by atoms with Crippen LogP contribution in [0.25, 0.3) is 0 Å². The first-order chi connectivity index (χ1) is 8.12. The molecular formula is C13H25N3O. The van der Waals surface area contributed by atoms with Gasteiger partial charge in [0.1, 0.15) is 0 Å². The lowest BCUT2D eigenvalue weighted by atomic mass is 9.98. The quantitative estimate of drug-likeness (QED) is 0.770. The van der Waals surface area contributed by atoms with Gasteiger partial charge in [0, 0.05) is 39.3 Å². The molecule has 0 spiro atoms. The summed E-state index contributed by atoms with van der Waals surface area (Å²) >= 11 is 0. The number of nitrogens with zero attached hydrogens (tertiary/aromatic N) is 2. The maximum Gasteiger partial charge on any atom is 0.242 e. The van der Waals surface area contributed by atoms with E-state index in [-0.39, 0.29) is 5.54 Å². The van der Waals surface area contributed by atoms with Crippen LogP contribution in [0.5, 0.6) is 0 Å². The average molecular weight is 239 g/mol. The van der Waals surface area contributed by atoms with Gasteiger partial charge in [0.2, 0.25) is 5.91 Å². The number of carbonyl (C=O) groups excluding carboxylic acids is 1. The molecule has 17 heavy (non-hydrogen) atoms. The second-order valence-electron chi connectivity index (χ2n) is 5.65. The van der Waals surface area contributed by atoms with Gasteiger partial charge in [-0.1, -0.05) is 0 Å². The number of hydrogen-bond donors (Lipinski definition) is 1. The molecule has 0 aromatic heterocycles. The van der Waals surface area contributed by atoms with Crippen LogP contribution in [-0.4, -0.2) is 60.5 Å². The Labute approximate surface area is 104 Å². The number of hydrogen-bond acceptors (Lipinski definition) is 3. The molecule has 0 bridgehead atoms. The Morgan fingerprint density at radius 1 is 1.00 bits per heavy atom. The lowest BCUT2D eigenvalue weighted by Gasteiger charge is -2.43. The minimum atomic E-state index is -0.334. The van der Waals surface area contributed by atoms with E-state index < -0.39 is 0 Å². The molecule has 0 saturated carbocycles. The number of piperidine rings is 1. The fourth-order valence-electron chi connectivity index (χ4n) is 2.84. The molecule has 2 heterocycles. The number of rotatable bonds is 2. The van der Waals surface area contributed by atoms with E-state index in [1.807, 2.05) is 0 Å². The van der Waals surface area contributed by atoms with E-state index in [0.29, 0.717) is 5.91 Å². The molecule has 2 aliphatic rings. The Balaban J connectivity index is 1.99. The Morgan fingerprint density at radius 3 is 2.18 bits per heavy atom. The Morgan fingerprint density at radius 2 is 1.59 bits per heavy atom. The van der Waals surface area contributed by atoms with Crippen LogP contribution in [-0.2, 0) is 4.79 Å². The maximum atomic E-state index is 12.6. The minimum Gasteiger partial charge on any atom is -0.341 e. The topological polar surface area (TPSA) is 35.6 Å². The molecule has 1 amide bonds. The summed E-state index contributed by atoms with van der Waals surface area (Å²) in [6.07, 6.45) is 3.62. The van der Waals surface area contributed by atoms with Gasteiger partial charge in [0.15, 0.2) is 0 Å². The molecule has 1 N–H and O–H groups in total. The van der Waals surface area contributed by atoms with Crippen molar-refractivity contribution in [1.29, 1.82) is 0 Å². The largest absolute Gasteiger partial charge is 0.341 e. The highest BCUT2D eigenvalue weighted by molar-refractivity contribution is 5.85. The summed E-state index contributed by atoms with van der Waals surface area (Å²) in [5, 5.41) is 3.34. The van der Waals surface area contributed by atoms with Gasteiger partial charge in [0.25, 0.3) is 0 Å². The third-order valence-electron chi connectivity index (χ3n) is 4.07. The second kappa shape index (κ2) is 5.36. The third-order valence-corrected chi connectivity index (χ3v) is 4.07. The molecule has 0 aliphatic carbocycles. The predicted octanol–water partition coefficient (Wildman–Crippen LogP) is 0.683. The molecule has 2 saturated heterocycles. The van der Waals surface area contributed by atoms with Crippen molar-refractivity contribution in [3.05, 3.63) is 0 Å². The zero-order chi connectivity index (χ0) is 12.3. The summed E-state index contributed by atoms with van der Waals surface area (Å²) < 4.78 is 0. The number of likely N-dealkylation sites (tertiary alicyclic amines) is 1. The third kappa shape index (κ3) is 2.80. The number of amides is 1. The van der Waals surface area contributed by atoms with Crippen molar-refractivity contribution < 1.29 is 4.79 Å². The highest BCUT2D eigenvalue weighted by Crippen LogP contribution is 2.21. The van der Waals surface area contributed by atoms with Crippen LogP contribution < -0.4 is 5.32 Å². The maximum absolute atomic E-state index is 12.6. The molecule has 4 nitrogen and oxygen atoms in total. The standard InChI is InChI=1S/C13H25N3O/c1-13(2,16-10-6-14-7-11-16)12(17)15-8-4-3-5-9-15/h14H,3-11H2,1-2H3. The Hall–Kier alpha value is -0.610. The van der Waals surface area contributed by atoms with Gasteiger partial charge in [-0.05, 0) is 33.1 Å². The second-order valence-corrected chi connectivity index (χ2v) is 5.65. The van der Waals surface area contributed by atoms with Crippen LogP contribution in [0.2, 0.25) is 0 Å². The molecule has 2 fully saturated rings. The molecule has 0 unspecified atom stereocenters. The van der Waals surface area contributed by atoms with E-state index >= 15 is 0 Å². The van der Waals surface area contributed by atoms with E-state index in [9.17, 15) is 4.79 Å². The summed E-state index contributed by atoms with van der Waals surface area (Å²) in [6.45, 7) is 10.0. The molecular weight excluding hydrogens is 214 g/mol. The first kappa shape index (κ1) is 12.8. The zero-order valence-corrected chi connectivity index (χ0v) is 11.2. The molecule has 98 valence electrons. The van der Waals surface area contributed by atoms with E-state index in [1.54, 1.807) is 0 Å². The van der Waals surface area contributed by atoms with Crippen molar-refractivity contribution >= 4 is 5.91 Å². The molecule has 4 heteroatoms. The van der Waals surface area contributed by atoms with Crippen LogP contribution in [0.3, 0.4) is 0 Å². The first-order valence-corrected chi connectivity index (χ1v) is 6.87. The molecule has 2 rings (SSSR count). The first-order valence-electron chi connectivity index (χ1n) is 6.87. The summed E-state index contributed by atoms with van der Waals surface area (Å²) in [4.78, 5) is 17.0. The Bertz CT molecular complexity index is 266. The highest BCUT2D eigenvalue weighted by atomic mass is 16.2. The smallest absolute Gasteiger partial charge is 0.242 e. The normalized spacial score (nSPS) is 23.8. The van der Waals surface area contributed by atoms with E-state index in [2.05, 4.69) is 29.0 Å². The van der Waals surface area contributed by atoms with Crippen LogP contribution >= 0.6 is 0 Å². The van der Waals surface area contributed by atoms with Crippen LogP contribution in [0, 0.1) is 0 Å². The fraction of sp³-hybridized carbons (Fsp3) is 0.923. The number of nitrogens with one attached hydrogen (secondary N) is 1. The van der Waals surface area contributed by atoms with E-state index in [4.69, 9.17) is 0 Å². The van der Waals surface area contributed by atoms with Gasteiger partial charge < -0.3 is 10.2 Å². The Kier molecular flexibility index (Phi) is 4.05. The van der Waals surface area contributed by atoms with Crippen LogP contribution in [0.1, 0.15) is 33.1 Å². The zero-order valence-electron chi connectivity index (χ0n) is 11.2. The number of piperazine rings is 1. The van der Waals surface area contributed by atoms with Crippen molar-refractivity contribution in [3.8, 4) is 0 Å². The molecule has 2 aliphatic heterocycles. The summed E-state index contributed by atoms with van der Waals surface area (Å²) in [6, 6.07) is 0. The molecule has 0 atom stereocenters. The van der Waals surface area contributed by atoms with Gasteiger partial charge in [-0.2, -0.15) is 0 Å². The number of carbonyl (C=O) groups is 1. The van der Waals surface area contributed by atoms with Crippen LogP contribution in [0.15, 0.2) is 0 Å². The molecule has 0 aromatic rings. The van der Waals surface area contributed by atoms with Crippen molar-refractivity contribution in [1.82, 2.24) is 15.1 Å². The summed E-state index contributed by atoms with van der Waals surface area (Å²) in [5.74, 6) is 0.319. The predicted molar refractivity (Wildman–Crippen MR) is 69.0 cm³/mol. The lowest BCUT2D eigenvalue weighted by molar-refractivity contribution is -0.144. The van der Waals surface area contributed by atoms with Gasteiger partial charge in [-0.3, -0.25) is 9.69 Å².